The minimum Gasteiger partial charge on any atom is -0.445 e. The highest BCUT2D eigenvalue weighted by Crippen LogP contribution is 2.50. The van der Waals surface area contributed by atoms with Gasteiger partial charge in [-0.1, -0.05) is 24.6 Å². The Balaban J connectivity index is 1.82. The molecule has 0 radical (unpaired) electrons. The second kappa shape index (κ2) is 9.45. The van der Waals surface area contributed by atoms with E-state index in [1.54, 1.807) is 28.6 Å². The van der Waals surface area contributed by atoms with Gasteiger partial charge in [-0.05, 0) is 47.9 Å². The maximum atomic E-state index is 11.9. The number of carbonyl (C=O) groups excluding carboxylic acids is 2. The smallest absolute Gasteiger partial charge is 0.407 e. The van der Waals surface area contributed by atoms with Gasteiger partial charge < -0.3 is 10.1 Å². The first-order chi connectivity index (χ1) is 13.6. The van der Waals surface area contributed by atoms with Gasteiger partial charge in [0, 0.05) is 23.2 Å². The molecule has 150 valence electrons. The molecule has 1 atom stereocenters. The van der Waals surface area contributed by atoms with Crippen molar-refractivity contribution in [3.8, 4) is 10.4 Å². The van der Waals surface area contributed by atoms with E-state index in [0.29, 0.717) is 0 Å². The van der Waals surface area contributed by atoms with Crippen LogP contribution in [0.5, 0.6) is 0 Å². The van der Waals surface area contributed by atoms with Gasteiger partial charge in [-0.25, -0.2) is 10.3 Å². The Morgan fingerprint density at radius 1 is 1.25 bits per heavy atom. The number of hydrogen-bond donors (Lipinski definition) is 3. The van der Waals surface area contributed by atoms with Crippen molar-refractivity contribution >= 4 is 35.1 Å². The molecule has 2 aromatic rings. The molecule has 1 saturated heterocycles. The summed E-state index contributed by atoms with van der Waals surface area (Å²) in [6.07, 6.45) is 2.96. The number of alkyl carbamates (subject to hydrolysis) is 1. The minimum absolute atomic E-state index is 0.211. The molecule has 8 heteroatoms. The van der Waals surface area contributed by atoms with Crippen LogP contribution in [-0.2, 0) is 20.9 Å². The van der Waals surface area contributed by atoms with Gasteiger partial charge in [0.1, 0.15) is 6.61 Å². The maximum absolute atomic E-state index is 11.9. The molecular weight excluding hydrogens is 396 g/mol. The Morgan fingerprint density at radius 2 is 2.11 bits per heavy atom. The fourth-order valence-corrected chi connectivity index (χ4v) is 6.23. The van der Waals surface area contributed by atoms with Crippen LogP contribution in [0, 0.1) is 0 Å². The van der Waals surface area contributed by atoms with Crippen LogP contribution in [0.25, 0.3) is 10.4 Å². The molecule has 1 aromatic heterocycles. The Bertz CT molecular complexity index is 831. The predicted octanol–water partition coefficient (Wildman–Crippen LogP) is 4.28. The first-order valence-electron chi connectivity index (χ1n) is 9.17. The highest BCUT2D eigenvalue weighted by Gasteiger charge is 2.38. The van der Waals surface area contributed by atoms with E-state index in [1.807, 2.05) is 24.3 Å². The molecule has 1 aromatic carbocycles. The van der Waals surface area contributed by atoms with Crippen molar-refractivity contribution in [2.75, 3.05) is 12.8 Å². The van der Waals surface area contributed by atoms with Crippen molar-refractivity contribution in [3.05, 3.63) is 46.8 Å². The zero-order valence-corrected chi connectivity index (χ0v) is 17.3. The summed E-state index contributed by atoms with van der Waals surface area (Å²) in [4.78, 5) is 25.5. The number of ether oxygens (including phenoxy) is 1. The van der Waals surface area contributed by atoms with Gasteiger partial charge in [0.25, 0.3) is 0 Å². The molecule has 1 fully saturated rings. The van der Waals surface area contributed by atoms with E-state index in [9.17, 15) is 9.59 Å². The summed E-state index contributed by atoms with van der Waals surface area (Å²) in [6, 6.07) is 12.1. The predicted molar refractivity (Wildman–Crippen MR) is 112 cm³/mol. The van der Waals surface area contributed by atoms with Crippen molar-refractivity contribution in [1.29, 1.82) is 0 Å². The third-order valence-corrected chi connectivity index (χ3v) is 7.85. The number of nitrogens with one attached hydrogen (secondary N) is 2. The van der Waals surface area contributed by atoms with Crippen LogP contribution in [0.1, 0.15) is 36.1 Å². The molecule has 3 rings (SSSR count). The van der Waals surface area contributed by atoms with E-state index in [0.717, 1.165) is 45.9 Å². The molecule has 0 spiro atoms. The van der Waals surface area contributed by atoms with E-state index in [4.69, 9.17) is 9.94 Å². The number of thiophene rings is 1. The zero-order chi connectivity index (χ0) is 20.0. The minimum atomic E-state index is -0.456. The van der Waals surface area contributed by atoms with Crippen LogP contribution >= 0.6 is 23.1 Å². The van der Waals surface area contributed by atoms with E-state index in [1.165, 1.54) is 7.05 Å². The van der Waals surface area contributed by atoms with E-state index >= 15 is 0 Å². The lowest BCUT2D eigenvalue weighted by Gasteiger charge is -2.35. The van der Waals surface area contributed by atoms with Crippen LogP contribution in [0.2, 0.25) is 0 Å². The molecule has 0 saturated carbocycles. The molecule has 28 heavy (non-hydrogen) atoms. The first kappa shape index (κ1) is 20.7. The summed E-state index contributed by atoms with van der Waals surface area (Å²) in [5.74, 6) is 0.663. The Morgan fingerprint density at radius 3 is 2.82 bits per heavy atom. The highest BCUT2D eigenvalue weighted by atomic mass is 32.2. The monoisotopic (exact) mass is 420 g/mol. The number of amides is 2. The Hall–Kier alpha value is -2.03. The molecular formula is C20H24N2O4S2. The number of carbonyl (C=O) groups is 2. The van der Waals surface area contributed by atoms with Crippen molar-refractivity contribution in [3.63, 3.8) is 0 Å². The van der Waals surface area contributed by atoms with Crippen LogP contribution in [-0.4, -0.2) is 30.0 Å². The summed E-state index contributed by atoms with van der Waals surface area (Å²) >= 11 is 3.49. The SMILES string of the molecule is CNC(=O)OCc1cccc(-c2ccc([C@@]3(CC(=O)NO)CCCCS3)s2)c1. The topological polar surface area (TPSA) is 87.7 Å². The van der Waals surface area contributed by atoms with Gasteiger partial charge in [0.15, 0.2) is 0 Å². The largest absolute Gasteiger partial charge is 0.445 e. The summed E-state index contributed by atoms with van der Waals surface area (Å²) in [7, 11) is 1.53. The number of rotatable bonds is 6. The number of benzene rings is 1. The number of hydroxylamine groups is 1. The third-order valence-electron chi connectivity index (χ3n) is 4.76. The van der Waals surface area contributed by atoms with Crippen LogP contribution in [0.3, 0.4) is 0 Å². The third kappa shape index (κ3) is 4.87. The molecule has 1 aliphatic rings. The lowest BCUT2D eigenvalue weighted by Crippen LogP contribution is -2.32. The van der Waals surface area contributed by atoms with Crippen LogP contribution in [0.4, 0.5) is 4.79 Å². The average Bonchev–Trinajstić information content (AvgIpc) is 3.24. The summed E-state index contributed by atoms with van der Waals surface area (Å²) in [5, 5.41) is 11.4. The van der Waals surface area contributed by atoms with Gasteiger partial charge in [0.05, 0.1) is 4.75 Å². The standard InChI is InChI=1S/C20H24N2O4S2/c1-21-19(24)26-13-14-5-4-6-15(11-14)16-7-8-17(28-16)20(12-18(23)22-25)9-2-3-10-27-20/h4-8,11,25H,2-3,9-10,12-13H2,1H3,(H,21,24)(H,22,23)/t20-/m0/s1. The van der Waals surface area contributed by atoms with E-state index < -0.39 is 6.09 Å². The van der Waals surface area contributed by atoms with Crippen LogP contribution < -0.4 is 10.8 Å². The van der Waals surface area contributed by atoms with Gasteiger partial charge >= 0.3 is 6.09 Å². The molecule has 6 nitrogen and oxygen atoms in total. The fourth-order valence-electron chi connectivity index (χ4n) is 3.35. The van der Waals surface area contributed by atoms with Crippen molar-refractivity contribution in [1.82, 2.24) is 10.8 Å². The molecule has 1 aliphatic heterocycles. The molecule has 0 unspecified atom stereocenters. The van der Waals surface area contributed by atoms with Gasteiger partial charge in [-0.3, -0.25) is 10.0 Å². The van der Waals surface area contributed by atoms with Crippen molar-refractivity contribution in [2.24, 2.45) is 0 Å². The molecule has 2 heterocycles. The molecule has 0 bridgehead atoms. The second-order valence-corrected chi connectivity index (χ2v) is 9.26. The molecule has 0 aliphatic carbocycles. The summed E-state index contributed by atoms with van der Waals surface area (Å²) < 4.78 is 4.84. The van der Waals surface area contributed by atoms with E-state index in [2.05, 4.69) is 17.4 Å². The lowest BCUT2D eigenvalue weighted by molar-refractivity contribution is -0.129. The van der Waals surface area contributed by atoms with Crippen molar-refractivity contribution in [2.45, 2.75) is 37.0 Å². The summed E-state index contributed by atoms with van der Waals surface area (Å²) in [6.45, 7) is 0.211. The highest BCUT2D eigenvalue weighted by molar-refractivity contribution is 8.00. The number of hydrogen-bond acceptors (Lipinski definition) is 6. The fraction of sp³-hybridized carbons (Fsp3) is 0.400. The van der Waals surface area contributed by atoms with E-state index in [-0.39, 0.29) is 23.7 Å². The van der Waals surface area contributed by atoms with Crippen LogP contribution in [0.15, 0.2) is 36.4 Å². The maximum Gasteiger partial charge on any atom is 0.407 e. The Labute approximate surface area is 172 Å². The molecule has 2 amide bonds. The zero-order valence-electron chi connectivity index (χ0n) is 15.7. The second-order valence-electron chi connectivity index (χ2n) is 6.70. The van der Waals surface area contributed by atoms with Gasteiger partial charge in [-0.2, -0.15) is 0 Å². The number of thioether (sulfide) groups is 1. The summed E-state index contributed by atoms with van der Waals surface area (Å²) in [5.41, 5.74) is 3.75. The van der Waals surface area contributed by atoms with Crippen molar-refractivity contribution < 1.29 is 19.5 Å². The molecule has 3 N–H and O–H groups in total. The lowest BCUT2D eigenvalue weighted by atomic mass is 9.94. The van der Waals surface area contributed by atoms with Gasteiger partial charge in [0.2, 0.25) is 5.91 Å². The normalized spacial score (nSPS) is 19.1. The van der Waals surface area contributed by atoms with Gasteiger partial charge in [-0.15, -0.1) is 23.1 Å². The Kier molecular flexibility index (Phi) is 6.98. The first-order valence-corrected chi connectivity index (χ1v) is 11.0. The quantitative estimate of drug-likeness (QED) is 0.480. The average molecular weight is 421 g/mol.